The van der Waals surface area contributed by atoms with Crippen molar-refractivity contribution in [1.82, 2.24) is 10.3 Å². The topological polar surface area (TPSA) is 68.3 Å². The quantitative estimate of drug-likeness (QED) is 0.576. The number of rotatable bonds is 5. The average molecular weight is 423 g/mol. The highest BCUT2D eigenvalue weighted by molar-refractivity contribution is 6.33. The first-order valence-corrected chi connectivity index (χ1v) is 10.6. The molecule has 30 heavy (non-hydrogen) atoms. The molecule has 0 saturated heterocycles. The Morgan fingerprint density at radius 1 is 1.10 bits per heavy atom. The van der Waals surface area contributed by atoms with E-state index in [2.05, 4.69) is 10.3 Å². The summed E-state index contributed by atoms with van der Waals surface area (Å²) in [7, 11) is 0. The minimum Gasteiger partial charge on any atom is -0.449 e. The highest BCUT2D eigenvalue weighted by Crippen LogP contribution is 2.30. The summed E-state index contributed by atoms with van der Waals surface area (Å²) in [4.78, 5) is 30.1. The van der Waals surface area contributed by atoms with E-state index in [4.69, 9.17) is 16.3 Å². The molecule has 0 aliphatic heterocycles. The number of hydrogen-bond donors (Lipinski definition) is 1. The van der Waals surface area contributed by atoms with Crippen LogP contribution in [0, 0.1) is 0 Å². The molecule has 1 N–H and O–H groups in total. The Bertz CT molecular complexity index is 1090. The number of nitrogens with one attached hydrogen (secondary N) is 1. The molecule has 1 heterocycles. The molecular weight excluding hydrogens is 400 g/mol. The minimum atomic E-state index is -0.881. The van der Waals surface area contributed by atoms with Crippen LogP contribution in [0.3, 0.4) is 0 Å². The number of ether oxygens (including phenoxy) is 1. The number of carbonyl (C=O) groups is 2. The van der Waals surface area contributed by atoms with Gasteiger partial charge in [0.05, 0.1) is 16.8 Å². The van der Waals surface area contributed by atoms with Crippen LogP contribution in [0.5, 0.6) is 0 Å². The Morgan fingerprint density at radius 2 is 1.80 bits per heavy atom. The van der Waals surface area contributed by atoms with Gasteiger partial charge in [-0.1, -0.05) is 60.8 Å². The number of para-hydroxylation sites is 1. The van der Waals surface area contributed by atoms with E-state index in [9.17, 15) is 9.59 Å². The number of hydrogen-bond acceptors (Lipinski definition) is 4. The molecule has 1 aliphatic rings. The van der Waals surface area contributed by atoms with E-state index in [1.54, 1.807) is 19.1 Å². The second-order valence-corrected chi connectivity index (χ2v) is 8.00. The lowest BCUT2D eigenvalue weighted by molar-refractivity contribution is -0.129. The van der Waals surface area contributed by atoms with Gasteiger partial charge < -0.3 is 10.1 Å². The summed E-state index contributed by atoms with van der Waals surface area (Å²) >= 11 is 6.34. The van der Waals surface area contributed by atoms with Crippen molar-refractivity contribution in [2.75, 3.05) is 0 Å². The van der Waals surface area contributed by atoms with Crippen molar-refractivity contribution in [3.05, 3.63) is 65.2 Å². The summed E-state index contributed by atoms with van der Waals surface area (Å²) < 4.78 is 5.53. The van der Waals surface area contributed by atoms with E-state index in [1.807, 2.05) is 42.5 Å². The highest BCUT2D eigenvalue weighted by Gasteiger charge is 2.25. The maximum Gasteiger partial charge on any atom is 0.339 e. The molecule has 154 valence electrons. The van der Waals surface area contributed by atoms with E-state index in [0.29, 0.717) is 27.2 Å². The van der Waals surface area contributed by atoms with Crippen LogP contribution in [0.2, 0.25) is 5.02 Å². The number of amides is 1. The Kier molecular flexibility index (Phi) is 6.00. The van der Waals surface area contributed by atoms with Gasteiger partial charge in [0.1, 0.15) is 0 Å². The zero-order valence-electron chi connectivity index (χ0n) is 16.7. The van der Waals surface area contributed by atoms with Crippen LogP contribution < -0.4 is 5.32 Å². The largest absolute Gasteiger partial charge is 0.449 e. The van der Waals surface area contributed by atoms with E-state index in [1.165, 1.54) is 0 Å². The molecule has 0 spiro atoms. The number of fused-ring (bicyclic) bond motifs is 1. The highest BCUT2D eigenvalue weighted by atomic mass is 35.5. The average Bonchev–Trinajstić information content (AvgIpc) is 3.26. The van der Waals surface area contributed by atoms with E-state index in [-0.39, 0.29) is 11.9 Å². The van der Waals surface area contributed by atoms with E-state index < -0.39 is 12.1 Å². The monoisotopic (exact) mass is 422 g/mol. The molecule has 2 aromatic carbocycles. The van der Waals surface area contributed by atoms with Crippen LogP contribution in [-0.4, -0.2) is 29.0 Å². The van der Waals surface area contributed by atoms with Gasteiger partial charge in [0.2, 0.25) is 0 Å². The standard InChI is InChI=1S/C24H23ClN2O3/c1-15(23(28)26-16-8-2-3-9-16)30-24(29)19-14-22(18-11-4-6-12-20(18)25)27-21-13-7-5-10-17(19)21/h4-7,10-16H,2-3,8-9H2,1H3,(H,26,28)/t15-/m1/s1. The third-order valence-corrected chi connectivity index (χ3v) is 5.77. The van der Waals surface area contributed by atoms with E-state index >= 15 is 0 Å². The van der Waals surface area contributed by atoms with Gasteiger partial charge >= 0.3 is 5.97 Å². The van der Waals surface area contributed by atoms with Gasteiger partial charge in [-0.15, -0.1) is 0 Å². The predicted octanol–water partition coefficient (Wildman–Crippen LogP) is 5.16. The lowest BCUT2D eigenvalue weighted by Crippen LogP contribution is -2.40. The normalized spacial score (nSPS) is 15.1. The molecule has 6 heteroatoms. The Balaban J connectivity index is 1.63. The Labute approximate surface area is 180 Å². The van der Waals surface area contributed by atoms with Crippen molar-refractivity contribution in [2.45, 2.75) is 44.8 Å². The lowest BCUT2D eigenvalue weighted by Gasteiger charge is -2.18. The molecule has 1 saturated carbocycles. The summed E-state index contributed by atoms with van der Waals surface area (Å²) in [6.07, 6.45) is 3.30. The fourth-order valence-corrected chi connectivity index (χ4v) is 4.05. The number of pyridine rings is 1. The molecular formula is C24H23ClN2O3. The summed E-state index contributed by atoms with van der Waals surface area (Å²) in [6.45, 7) is 1.60. The first kappa shape index (κ1) is 20.4. The molecule has 0 unspecified atom stereocenters. The van der Waals surface area contributed by atoms with Gasteiger partial charge in [0.25, 0.3) is 5.91 Å². The summed E-state index contributed by atoms with van der Waals surface area (Å²) in [5.74, 6) is -0.823. The predicted molar refractivity (Wildman–Crippen MR) is 117 cm³/mol. The van der Waals surface area contributed by atoms with Crippen molar-refractivity contribution in [2.24, 2.45) is 0 Å². The van der Waals surface area contributed by atoms with Crippen molar-refractivity contribution in [1.29, 1.82) is 0 Å². The molecule has 5 nitrogen and oxygen atoms in total. The number of benzene rings is 2. The van der Waals surface area contributed by atoms with Gasteiger partial charge in [0, 0.05) is 22.0 Å². The van der Waals surface area contributed by atoms with Gasteiger partial charge in [-0.25, -0.2) is 9.78 Å². The third-order valence-electron chi connectivity index (χ3n) is 5.44. The summed E-state index contributed by atoms with van der Waals surface area (Å²) in [5.41, 5.74) is 2.32. The summed E-state index contributed by atoms with van der Waals surface area (Å²) in [6, 6.07) is 16.5. The molecule has 1 fully saturated rings. The van der Waals surface area contributed by atoms with Crippen LogP contribution in [-0.2, 0) is 9.53 Å². The smallest absolute Gasteiger partial charge is 0.339 e. The molecule has 1 aromatic heterocycles. The molecule has 1 atom stereocenters. The van der Waals surface area contributed by atoms with Crippen LogP contribution in [0.25, 0.3) is 22.2 Å². The second-order valence-electron chi connectivity index (χ2n) is 7.59. The van der Waals surface area contributed by atoms with Crippen molar-refractivity contribution < 1.29 is 14.3 Å². The number of halogens is 1. The molecule has 0 radical (unpaired) electrons. The fourth-order valence-electron chi connectivity index (χ4n) is 3.82. The Morgan fingerprint density at radius 3 is 2.57 bits per heavy atom. The fraction of sp³-hybridized carbons (Fsp3) is 0.292. The van der Waals surface area contributed by atoms with Crippen molar-refractivity contribution >= 4 is 34.4 Å². The van der Waals surface area contributed by atoms with Crippen molar-refractivity contribution in [3.8, 4) is 11.3 Å². The number of aromatic nitrogens is 1. The molecule has 0 bridgehead atoms. The zero-order chi connectivity index (χ0) is 21.1. The van der Waals surface area contributed by atoms with Gasteiger partial charge in [-0.3, -0.25) is 4.79 Å². The third kappa shape index (κ3) is 4.31. The number of esters is 1. The number of carbonyl (C=O) groups excluding carboxylic acids is 2. The number of nitrogens with zero attached hydrogens (tertiary/aromatic N) is 1. The maximum atomic E-state index is 13.0. The van der Waals surface area contributed by atoms with Gasteiger partial charge in [0.15, 0.2) is 6.10 Å². The van der Waals surface area contributed by atoms with Crippen LogP contribution in [0.15, 0.2) is 54.6 Å². The van der Waals surface area contributed by atoms with Crippen LogP contribution in [0.1, 0.15) is 43.0 Å². The first-order valence-electron chi connectivity index (χ1n) is 10.2. The van der Waals surface area contributed by atoms with Gasteiger partial charge in [-0.2, -0.15) is 0 Å². The molecule has 1 amide bonds. The van der Waals surface area contributed by atoms with Crippen LogP contribution in [0.4, 0.5) is 0 Å². The maximum absolute atomic E-state index is 13.0. The molecule has 4 rings (SSSR count). The van der Waals surface area contributed by atoms with E-state index in [0.717, 1.165) is 31.2 Å². The minimum absolute atomic E-state index is 0.173. The van der Waals surface area contributed by atoms with Gasteiger partial charge in [-0.05, 0) is 38.0 Å². The first-order chi connectivity index (χ1) is 14.5. The SMILES string of the molecule is C[C@@H](OC(=O)c1cc(-c2ccccc2Cl)nc2ccccc12)C(=O)NC1CCCC1. The van der Waals surface area contributed by atoms with Crippen LogP contribution >= 0.6 is 11.6 Å². The second kappa shape index (κ2) is 8.84. The Hall–Kier alpha value is -2.92. The molecule has 3 aromatic rings. The summed E-state index contributed by atoms with van der Waals surface area (Å²) in [5, 5.41) is 4.18. The van der Waals surface area contributed by atoms with Crippen molar-refractivity contribution in [3.63, 3.8) is 0 Å². The molecule has 1 aliphatic carbocycles. The zero-order valence-corrected chi connectivity index (χ0v) is 17.5. The lowest BCUT2D eigenvalue weighted by atomic mass is 10.0.